The van der Waals surface area contributed by atoms with E-state index in [0.29, 0.717) is 6.61 Å². The Hall–Kier alpha value is -1.60. The summed E-state index contributed by atoms with van der Waals surface area (Å²) in [5.74, 6) is 3.73. The Bertz CT molecular complexity index is 761. The van der Waals surface area contributed by atoms with Crippen LogP contribution in [0.15, 0.2) is 18.2 Å². The molecule has 116 valence electrons. The van der Waals surface area contributed by atoms with Crippen LogP contribution in [0.25, 0.3) is 4.96 Å². The topological polar surface area (TPSA) is 52.3 Å². The molecule has 2 aromatic heterocycles. The van der Waals surface area contributed by atoms with Gasteiger partial charge in [0.1, 0.15) is 12.4 Å². The van der Waals surface area contributed by atoms with E-state index in [1.807, 2.05) is 22.3 Å². The first-order valence-corrected chi connectivity index (χ1v) is 9.13. The zero-order valence-corrected chi connectivity index (χ0v) is 14.5. The molecule has 0 amide bonds. The van der Waals surface area contributed by atoms with Crippen molar-refractivity contribution in [2.75, 3.05) is 5.75 Å². The van der Waals surface area contributed by atoms with Crippen LogP contribution >= 0.6 is 23.1 Å². The fourth-order valence-electron chi connectivity index (χ4n) is 2.20. The van der Waals surface area contributed by atoms with E-state index in [-0.39, 0.29) is 0 Å². The first-order chi connectivity index (χ1) is 10.7. The van der Waals surface area contributed by atoms with Crippen LogP contribution in [0.2, 0.25) is 0 Å². The number of para-hydroxylation sites is 1. The second-order valence-electron chi connectivity index (χ2n) is 4.95. The van der Waals surface area contributed by atoms with E-state index < -0.39 is 0 Å². The molecule has 0 radical (unpaired) electrons. The van der Waals surface area contributed by atoms with E-state index in [1.165, 1.54) is 11.3 Å². The molecule has 1 aromatic carbocycles. The van der Waals surface area contributed by atoms with Crippen molar-refractivity contribution in [1.29, 1.82) is 0 Å². The summed E-state index contributed by atoms with van der Waals surface area (Å²) in [5.41, 5.74) is 2.28. The molecule has 5 nitrogen and oxygen atoms in total. The normalized spacial score (nSPS) is 11.2. The van der Waals surface area contributed by atoms with Gasteiger partial charge in [-0.1, -0.05) is 36.5 Å². The smallest absolute Gasteiger partial charge is 0.234 e. The largest absolute Gasteiger partial charge is 0.486 e. The molecule has 7 heteroatoms. The van der Waals surface area contributed by atoms with Gasteiger partial charge < -0.3 is 4.74 Å². The van der Waals surface area contributed by atoms with Crippen LogP contribution in [0.5, 0.6) is 5.75 Å². The van der Waals surface area contributed by atoms with Crippen molar-refractivity contribution in [2.24, 2.45) is 0 Å². The van der Waals surface area contributed by atoms with Crippen molar-refractivity contribution < 1.29 is 4.74 Å². The first kappa shape index (κ1) is 15.3. The van der Waals surface area contributed by atoms with Gasteiger partial charge in [-0.25, -0.2) is 0 Å². The lowest BCUT2D eigenvalue weighted by molar-refractivity contribution is 0.300. The van der Waals surface area contributed by atoms with Gasteiger partial charge in [0.25, 0.3) is 0 Å². The zero-order valence-electron chi connectivity index (χ0n) is 12.9. The molecule has 0 saturated heterocycles. The average molecular weight is 334 g/mol. The van der Waals surface area contributed by atoms with Crippen LogP contribution in [0.4, 0.5) is 0 Å². The molecule has 0 unspecified atom stereocenters. The van der Waals surface area contributed by atoms with E-state index in [9.17, 15) is 0 Å². The van der Waals surface area contributed by atoms with Gasteiger partial charge in [0.05, 0.1) is 5.75 Å². The molecule has 3 rings (SSSR count). The van der Waals surface area contributed by atoms with Crippen molar-refractivity contribution in [2.45, 2.75) is 33.1 Å². The van der Waals surface area contributed by atoms with E-state index in [1.54, 1.807) is 0 Å². The zero-order chi connectivity index (χ0) is 15.5. The van der Waals surface area contributed by atoms with Crippen LogP contribution in [0, 0.1) is 13.8 Å². The van der Waals surface area contributed by atoms with Gasteiger partial charge in [-0.05, 0) is 30.7 Å². The number of hydrogen-bond acceptors (Lipinski definition) is 6. The Morgan fingerprint density at radius 1 is 1.23 bits per heavy atom. The Morgan fingerprint density at radius 2 is 2.00 bits per heavy atom. The van der Waals surface area contributed by atoms with Crippen molar-refractivity contribution in [3.8, 4) is 5.75 Å². The van der Waals surface area contributed by atoms with Gasteiger partial charge in [0, 0.05) is 0 Å². The molecule has 0 aliphatic rings. The SMILES string of the molecule is CCSCc1nnc2sc(COc3c(C)cccc3C)nn12. The van der Waals surface area contributed by atoms with E-state index in [4.69, 9.17) is 4.74 Å². The van der Waals surface area contributed by atoms with Crippen LogP contribution < -0.4 is 4.74 Å². The van der Waals surface area contributed by atoms with Gasteiger partial charge in [0.2, 0.25) is 4.96 Å². The lowest BCUT2D eigenvalue weighted by Crippen LogP contribution is -2.00. The molecule has 2 heterocycles. The molecule has 0 atom stereocenters. The monoisotopic (exact) mass is 334 g/mol. The van der Waals surface area contributed by atoms with Gasteiger partial charge in [0.15, 0.2) is 10.8 Å². The summed E-state index contributed by atoms with van der Waals surface area (Å²) in [6.45, 7) is 6.70. The summed E-state index contributed by atoms with van der Waals surface area (Å²) in [5, 5.41) is 13.8. The summed E-state index contributed by atoms with van der Waals surface area (Å²) < 4.78 is 7.78. The molecule has 0 bridgehead atoms. The van der Waals surface area contributed by atoms with E-state index in [2.05, 4.69) is 48.2 Å². The van der Waals surface area contributed by atoms with Gasteiger partial charge >= 0.3 is 0 Å². The lowest BCUT2D eigenvalue weighted by atomic mass is 10.1. The maximum Gasteiger partial charge on any atom is 0.234 e. The number of thioether (sulfide) groups is 1. The minimum atomic E-state index is 0.458. The summed E-state index contributed by atoms with van der Waals surface area (Å²) in [6.07, 6.45) is 0. The highest BCUT2D eigenvalue weighted by Gasteiger charge is 2.12. The van der Waals surface area contributed by atoms with Gasteiger partial charge in [-0.15, -0.1) is 10.2 Å². The molecular formula is C15H18N4OS2. The van der Waals surface area contributed by atoms with Crippen LogP contribution in [0.3, 0.4) is 0 Å². The maximum absolute atomic E-state index is 5.95. The standard InChI is InChI=1S/C15H18N4OS2/c1-4-21-9-12-16-17-15-19(12)18-13(22-15)8-20-14-10(2)6-5-7-11(14)3/h5-7H,4,8-9H2,1-3H3. The quantitative estimate of drug-likeness (QED) is 0.689. The first-order valence-electron chi connectivity index (χ1n) is 7.15. The van der Waals surface area contributed by atoms with Crippen LogP contribution in [-0.4, -0.2) is 25.6 Å². The summed E-state index contributed by atoms with van der Waals surface area (Å²) in [7, 11) is 0. The number of hydrogen-bond donors (Lipinski definition) is 0. The van der Waals surface area contributed by atoms with E-state index in [0.717, 1.165) is 44.2 Å². The third kappa shape index (κ3) is 3.10. The van der Waals surface area contributed by atoms with Crippen LogP contribution in [-0.2, 0) is 12.4 Å². The molecule has 22 heavy (non-hydrogen) atoms. The predicted molar refractivity (Wildman–Crippen MR) is 90.7 cm³/mol. The lowest BCUT2D eigenvalue weighted by Gasteiger charge is -2.10. The second-order valence-corrected chi connectivity index (χ2v) is 7.27. The molecular weight excluding hydrogens is 316 g/mol. The Morgan fingerprint density at radius 3 is 2.73 bits per heavy atom. The molecule has 0 aliphatic carbocycles. The average Bonchev–Trinajstić information content (AvgIpc) is 3.05. The highest BCUT2D eigenvalue weighted by molar-refractivity contribution is 7.98. The number of aromatic nitrogens is 4. The van der Waals surface area contributed by atoms with Crippen LogP contribution in [0.1, 0.15) is 28.9 Å². The minimum absolute atomic E-state index is 0.458. The Balaban J connectivity index is 1.76. The third-order valence-electron chi connectivity index (χ3n) is 3.28. The van der Waals surface area contributed by atoms with Gasteiger partial charge in [-0.3, -0.25) is 0 Å². The number of aryl methyl sites for hydroxylation is 2. The number of nitrogens with zero attached hydrogens (tertiary/aromatic N) is 4. The molecule has 0 aliphatic heterocycles. The maximum atomic E-state index is 5.95. The van der Waals surface area contributed by atoms with Crippen molar-refractivity contribution >= 4 is 28.1 Å². The van der Waals surface area contributed by atoms with Gasteiger partial charge in [-0.2, -0.15) is 21.4 Å². The summed E-state index contributed by atoms with van der Waals surface area (Å²) >= 11 is 3.34. The molecule has 0 spiro atoms. The molecule has 0 saturated carbocycles. The third-order valence-corrected chi connectivity index (χ3v) is 5.02. The highest BCUT2D eigenvalue weighted by atomic mass is 32.2. The molecule has 0 N–H and O–H groups in total. The van der Waals surface area contributed by atoms with Crippen molar-refractivity contribution in [3.05, 3.63) is 40.2 Å². The number of rotatable bonds is 6. The number of benzene rings is 1. The highest BCUT2D eigenvalue weighted by Crippen LogP contribution is 2.24. The summed E-state index contributed by atoms with van der Waals surface area (Å²) in [4.78, 5) is 0.826. The minimum Gasteiger partial charge on any atom is -0.486 e. The van der Waals surface area contributed by atoms with Crippen molar-refractivity contribution in [3.63, 3.8) is 0 Å². The Kier molecular flexibility index (Phi) is 4.63. The Labute approximate surface area is 137 Å². The number of ether oxygens (including phenoxy) is 1. The fraction of sp³-hybridized carbons (Fsp3) is 0.400. The molecule has 0 fully saturated rings. The summed E-state index contributed by atoms with van der Waals surface area (Å²) in [6, 6.07) is 6.15. The number of fused-ring (bicyclic) bond motifs is 1. The van der Waals surface area contributed by atoms with Crippen molar-refractivity contribution in [1.82, 2.24) is 19.8 Å². The second kappa shape index (κ2) is 6.66. The predicted octanol–water partition coefficient (Wildman–Crippen LogP) is 3.63. The van der Waals surface area contributed by atoms with E-state index >= 15 is 0 Å². The molecule has 3 aromatic rings. The fourth-order valence-corrected chi connectivity index (χ4v) is 3.53.